The molecule has 5 rings (SSSR count). The van der Waals surface area contributed by atoms with E-state index >= 15 is 0 Å². The van der Waals surface area contributed by atoms with Crippen LogP contribution in [-0.2, 0) is 29.4 Å². The van der Waals surface area contributed by atoms with E-state index in [4.69, 9.17) is 14.5 Å². The predicted molar refractivity (Wildman–Crippen MR) is 148 cm³/mol. The monoisotopic (exact) mass is 537 g/mol. The van der Waals surface area contributed by atoms with E-state index in [2.05, 4.69) is 39.5 Å². The first-order valence-electron chi connectivity index (χ1n) is 13.0. The zero-order valence-corrected chi connectivity index (χ0v) is 23.4. The van der Waals surface area contributed by atoms with Gasteiger partial charge in [0.1, 0.15) is 30.2 Å². The number of anilines is 2. The third-order valence-corrected chi connectivity index (χ3v) is 7.46. The van der Waals surface area contributed by atoms with Crippen LogP contribution in [0.1, 0.15) is 50.9 Å². The maximum Gasteiger partial charge on any atom is 0.238 e. The Morgan fingerprint density at radius 3 is 2.71 bits per heavy atom. The molecule has 0 bridgehead atoms. The highest BCUT2D eigenvalue weighted by Crippen LogP contribution is 2.39. The maximum absolute atomic E-state index is 12.0. The lowest BCUT2D eigenvalue weighted by atomic mass is 9.76. The largest absolute Gasteiger partial charge is 0.491 e. The molecule has 3 heterocycles. The molecule has 1 aliphatic heterocycles. The molecule has 0 amide bonds. The van der Waals surface area contributed by atoms with Gasteiger partial charge in [0.2, 0.25) is 15.9 Å². The minimum Gasteiger partial charge on any atom is -0.491 e. The van der Waals surface area contributed by atoms with Gasteiger partial charge in [-0.25, -0.2) is 23.4 Å². The molecule has 9 nitrogen and oxygen atoms in total. The number of rotatable bonds is 6. The number of fused-ring (bicyclic) bond motifs is 2. The minimum absolute atomic E-state index is 0.151. The molecule has 0 radical (unpaired) electrons. The van der Waals surface area contributed by atoms with Crippen LogP contribution in [0.2, 0.25) is 0 Å². The summed E-state index contributed by atoms with van der Waals surface area (Å²) >= 11 is 0. The van der Waals surface area contributed by atoms with Crippen molar-refractivity contribution in [3.05, 3.63) is 53.6 Å². The zero-order valence-electron chi connectivity index (χ0n) is 22.6. The Kier molecular flexibility index (Phi) is 6.94. The Morgan fingerprint density at radius 2 is 1.95 bits per heavy atom. The van der Waals surface area contributed by atoms with E-state index in [0.717, 1.165) is 66.0 Å². The van der Waals surface area contributed by atoms with Crippen molar-refractivity contribution in [3.8, 4) is 22.8 Å². The van der Waals surface area contributed by atoms with Gasteiger partial charge in [0.25, 0.3) is 0 Å². The quantitative estimate of drug-likeness (QED) is 0.486. The Morgan fingerprint density at radius 1 is 1.13 bits per heavy atom. The van der Waals surface area contributed by atoms with Crippen molar-refractivity contribution in [2.24, 2.45) is 5.41 Å². The topological polar surface area (TPSA) is 107 Å². The Bertz CT molecular complexity index is 1460. The van der Waals surface area contributed by atoms with Crippen molar-refractivity contribution in [3.63, 3.8) is 0 Å². The van der Waals surface area contributed by atoms with Gasteiger partial charge in [-0.15, -0.1) is 0 Å². The van der Waals surface area contributed by atoms with Crippen LogP contribution in [0.25, 0.3) is 11.1 Å². The number of pyridine rings is 1. The van der Waals surface area contributed by atoms with Gasteiger partial charge in [0.05, 0.1) is 18.9 Å². The Hall–Kier alpha value is -3.40. The summed E-state index contributed by atoms with van der Waals surface area (Å²) in [5.74, 6) is 2.07. The molecule has 0 atom stereocenters. The van der Waals surface area contributed by atoms with E-state index in [1.807, 2.05) is 26.0 Å². The van der Waals surface area contributed by atoms with Crippen molar-refractivity contribution in [1.82, 2.24) is 15.0 Å². The first-order chi connectivity index (χ1) is 18.0. The number of hydrogen-bond acceptors (Lipinski definition) is 8. The SMILES string of the molecule is CC(C)Oc1ncc(-c2ccc3c(c2)CN(c2ncnc4c2CC(C)(C)CC4)CCO3)cc1NS(C)(=O)=O. The van der Waals surface area contributed by atoms with E-state index < -0.39 is 10.0 Å². The summed E-state index contributed by atoms with van der Waals surface area (Å²) in [6.07, 6.45) is 7.38. The molecule has 0 saturated carbocycles. The first kappa shape index (κ1) is 26.2. The lowest BCUT2D eigenvalue weighted by Gasteiger charge is -2.33. The number of nitrogens with one attached hydrogen (secondary N) is 1. The molecule has 0 spiro atoms. The van der Waals surface area contributed by atoms with E-state index in [0.29, 0.717) is 18.8 Å². The van der Waals surface area contributed by atoms with Gasteiger partial charge in [-0.2, -0.15) is 0 Å². The molecule has 0 fully saturated rings. The second-order valence-corrected chi connectivity index (χ2v) is 12.9. The lowest BCUT2D eigenvalue weighted by Crippen LogP contribution is -2.31. The van der Waals surface area contributed by atoms with Gasteiger partial charge >= 0.3 is 0 Å². The van der Waals surface area contributed by atoms with E-state index in [9.17, 15) is 8.42 Å². The summed E-state index contributed by atoms with van der Waals surface area (Å²) in [4.78, 5) is 16.0. The third kappa shape index (κ3) is 5.85. The average Bonchev–Trinajstić information content (AvgIpc) is 3.05. The highest BCUT2D eigenvalue weighted by molar-refractivity contribution is 7.92. The van der Waals surface area contributed by atoms with E-state index in [-0.39, 0.29) is 17.4 Å². The summed E-state index contributed by atoms with van der Waals surface area (Å²) in [6, 6.07) is 7.77. The molecule has 1 aromatic carbocycles. The van der Waals surface area contributed by atoms with Crippen LogP contribution in [0.15, 0.2) is 36.8 Å². The number of benzene rings is 1. The third-order valence-electron chi connectivity index (χ3n) is 6.87. The summed E-state index contributed by atoms with van der Waals surface area (Å²) in [5, 5.41) is 0. The van der Waals surface area contributed by atoms with Crippen LogP contribution in [0.3, 0.4) is 0 Å². The smallest absolute Gasteiger partial charge is 0.238 e. The van der Waals surface area contributed by atoms with Gasteiger partial charge in [0, 0.05) is 35.1 Å². The van der Waals surface area contributed by atoms with Crippen molar-refractivity contribution < 1.29 is 17.9 Å². The Labute approximate surface area is 224 Å². The van der Waals surface area contributed by atoms with Gasteiger partial charge < -0.3 is 14.4 Å². The zero-order chi connectivity index (χ0) is 27.1. The number of ether oxygens (including phenoxy) is 2. The molecule has 0 saturated heterocycles. The van der Waals surface area contributed by atoms with Crippen molar-refractivity contribution >= 4 is 21.5 Å². The Balaban J connectivity index is 1.49. The number of aromatic nitrogens is 3. The number of nitrogens with zero attached hydrogens (tertiary/aromatic N) is 4. The van der Waals surface area contributed by atoms with Gasteiger partial charge in [-0.05, 0) is 62.3 Å². The van der Waals surface area contributed by atoms with Crippen LogP contribution in [0, 0.1) is 5.41 Å². The molecular formula is C28H35N5O4S. The molecule has 1 N–H and O–H groups in total. The fraction of sp³-hybridized carbons (Fsp3) is 0.464. The standard InChI is InChI=1S/C28H35N5O4S/c1-18(2)37-27-24(32-38(5,34)35)13-20(15-29-27)19-6-7-25-21(12-19)16-33(10-11-36-25)26-22-14-28(3,4)9-8-23(22)30-17-31-26/h6-7,12-13,15,17-18,32H,8-11,14,16H2,1-5H3. The lowest BCUT2D eigenvalue weighted by molar-refractivity contribution is 0.234. The summed E-state index contributed by atoms with van der Waals surface area (Å²) in [7, 11) is -3.52. The fourth-order valence-electron chi connectivity index (χ4n) is 5.09. The summed E-state index contributed by atoms with van der Waals surface area (Å²) in [6.45, 7) is 10.3. The molecule has 2 aromatic heterocycles. The van der Waals surface area contributed by atoms with Crippen molar-refractivity contribution in [1.29, 1.82) is 0 Å². The van der Waals surface area contributed by atoms with E-state index in [1.165, 1.54) is 5.56 Å². The fourth-order valence-corrected chi connectivity index (χ4v) is 5.63. The summed E-state index contributed by atoms with van der Waals surface area (Å²) < 4.78 is 38.4. The molecule has 1 aliphatic carbocycles. The summed E-state index contributed by atoms with van der Waals surface area (Å²) in [5.41, 5.74) is 5.62. The average molecular weight is 538 g/mol. The molecule has 10 heteroatoms. The highest BCUT2D eigenvalue weighted by Gasteiger charge is 2.30. The molecule has 38 heavy (non-hydrogen) atoms. The van der Waals surface area contributed by atoms with Crippen molar-refractivity contribution in [2.75, 3.05) is 29.0 Å². The second-order valence-electron chi connectivity index (χ2n) is 11.2. The highest BCUT2D eigenvalue weighted by atomic mass is 32.2. The number of sulfonamides is 1. The van der Waals surface area contributed by atoms with Gasteiger partial charge in [0.15, 0.2) is 0 Å². The number of aryl methyl sites for hydroxylation is 1. The van der Waals surface area contributed by atoms with Crippen LogP contribution in [-0.4, -0.2) is 48.9 Å². The predicted octanol–water partition coefficient (Wildman–Crippen LogP) is 4.61. The molecule has 2 aliphatic rings. The van der Waals surface area contributed by atoms with Crippen LogP contribution >= 0.6 is 0 Å². The molecule has 202 valence electrons. The van der Waals surface area contributed by atoms with Crippen LogP contribution in [0.4, 0.5) is 11.5 Å². The maximum atomic E-state index is 12.0. The van der Waals surface area contributed by atoms with Crippen LogP contribution < -0.4 is 19.1 Å². The molecular weight excluding hydrogens is 502 g/mol. The van der Waals surface area contributed by atoms with E-state index in [1.54, 1.807) is 18.6 Å². The first-order valence-corrected chi connectivity index (χ1v) is 14.8. The van der Waals surface area contributed by atoms with Crippen molar-refractivity contribution in [2.45, 2.75) is 59.6 Å². The molecule has 3 aromatic rings. The van der Waals surface area contributed by atoms with Gasteiger partial charge in [-0.1, -0.05) is 19.9 Å². The normalized spacial score (nSPS) is 16.7. The van der Waals surface area contributed by atoms with Gasteiger partial charge in [-0.3, -0.25) is 4.72 Å². The van der Waals surface area contributed by atoms with Crippen LogP contribution in [0.5, 0.6) is 11.6 Å². The minimum atomic E-state index is -3.52. The second kappa shape index (κ2) is 10.1. The number of hydrogen-bond donors (Lipinski definition) is 1. The molecule has 0 unspecified atom stereocenters.